The average Bonchev–Trinajstić information content (AvgIpc) is 2.48. The van der Waals surface area contributed by atoms with Crippen LogP contribution in [0.2, 0.25) is 0 Å². The number of imidazole rings is 1. The molecular weight excluding hydrogens is 160 g/mol. The molecule has 74 valence electrons. The van der Waals surface area contributed by atoms with Crippen LogP contribution in [0, 0.1) is 5.92 Å². The number of nitrogens with zero attached hydrogens (tertiary/aromatic N) is 2. The van der Waals surface area contributed by atoms with Crippen molar-refractivity contribution >= 4 is 0 Å². The van der Waals surface area contributed by atoms with Crippen LogP contribution in [-0.4, -0.2) is 9.55 Å². The summed E-state index contributed by atoms with van der Waals surface area (Å²) in [5.41, 5.74) is 1.22. The topological polar surface area (TPSA) is 17.8 Å². The molecule has 13 heavy (non-hydrogen) atoms. The third-order valence-electron chi connectivity index (χ3n) is 2.23. The first-order valence-corrected chi connectivity index (χ1v) is 5.12. The van der Waals surface area contributed by atoms with Crippen LogP contribution >= 0.6 is 0 Å². The molecule has 2 nitrogen and oxygen atoms in total. The van der Waals surface area contributed by atoms with Crippen molar-refractivity contribution in [2.45, 2.75) is 46.6 Å². The molecule has 0 aliphatic rings. The maximum atomic E-state index is 4.37. The standard InChI is InChI=1S/C11H20N2/c1-9(2)5-6-11-7-13(8-12-11)10(3)4/h7-10H,5-6H2,1-4H3. The molecule has 0 amide bonds. The van der Waals surface area contributed by atoms with E-state index in [0.717, 1.165) is 12.3 Å². The fourth-order valence-electron chi connectivity index (χ4n) is 1.23. The van der Waals surface area contributed by atoms with Gasteiger partial charge in [0, 0.05) is 12.2 Å². The predicted octanol–water partition coefficient (Wildman–Crippen LogP) is 3.05. The zero-order valence-corrected chi connectivity index (χ0v) is 9.12. The number of hydrogen-bond donors (Lipinski definition) is 0. The van der Waals surface area contributed by atoms with Gasteiger partial charge >= 0.3 is 0 Å². The molecule has 0 fully saturated rings. The van der Waals surface area contributed by atoms with Crippen molar-refractivity contribution in [2.75, 3.05) is 0 Å². The van der Waals surface area contributed by atoms with E-state index in [0.29, 0.717) is 6.04 Å². The van der Waals surface area contributed by atoms with Crippen LogP contribution in [0.3, 0.4) is 0 Å². The highest BCUT2D eigenvalue weighted by molar-refractivity contribution is 4.97. The molecule has 0 bridgehead atoms. The Bertz CT molecular complexity index is 248. The average molecular weight is 180 g/mol. The highest BCUT2D eigenvalue weighted by Gasteiger charge is 2.02. The Morgan fingerprint density at radius 3 is 2.46 bits per heavy atom. The van der Waals surface area contributed by atoms with E-state index in [4.69, 9.17) is 0 Å². The van der Waals surface area contributed by atoms with Crippen molar-refractivity contribution in [2.24, 2.45) is 5.92 Å². The van der Waals surface area contributed by atoms with Gasteiger partial charge in [0.2, 0.25) is 0 Å². The molecule has 0 saturated carbocycles. The van der Waals surface area contributed by atoms with E-state index in [1.807, 2.05) is 6.33 Å². The Morgan fingerprint density at radius 2 is 2.00 bits per heavy atom. The van der Waals surface area contributed by atoms with Crippen LogP contribution in [0.25, 0.3) is 0 Å². The second-order valence-electron chi connectivity index (χ2n) is 4.34. The zero-order chi connectivity index (χ0) is 9.84. The second-order valence-corrected chi connectivity index (χ2v) is 4.34. The van der Waals surface area contributed by atoms with Crippen LogP contribution in [0.1, 0.15) is 45.9 Å². The number of rotatable bonds is 4. The van der Waals surface area contributed by atoms with Crippen molar-refractivity contribution in [3.8, 4) is 0 Å². The molecule has 1 aromatic rings. The summed E-state index contributed by atoms with van der Waals surface area (Å²) in [5.74, 6) is 0.768. The summed E-state index contributed by atoms with van der Waals surface area (Å²) in [6, 6.07) is 0.528. The van der Waals surface area contributed by atoms with Crippen molar-refractivity contribution in [1.82, 2.24) is 9.55 Å². The van der Waals surface area contributed by atoms with Crippen molar-refractivity contribution in [3.63, 3.8) is 0 Å². The summed E-state index contributed by atoms with van der Waals surface area (Å²) in [6.07, 6.45) is 6.43. The molecular formula is C11H20N2. The fraction of sp³-hybridized carbons (Fsp3) is 0.727. The Balaban J connectivity index is 2.49. The molecule has 0 aliphatic heterocycles. The number of hydrogen-bond acceptors (Lipinski definition) is 1. The third kappa shape index (κ3) is 3.21. The molecule has 0 radical (unpaired) electrons. The van der Waals surface area contributed by atoms with Gasteiger partial charge < -0.3 is 4.57 Å². The van der Waals surface area contributed by atoms with Gasteiger partial charge in [-0.1, -0.05) is 13.8 Å². The lowest BCUT2D eigenvalue weighted by molar-refractivity contribution is 0.579. The van der Waals surface area contributed by atoms with Gasteiger partial charge in [0.1, 0.15) is 0 Å². The van der Waals surface area contributed by atoms with Crippen LogP contribution in [0.15, 0.2) is 12.5 Å². The van der Waals surface area contributed by atoms with Gasteiger partial charge in [-0.15, -0.1) is 0 Å². The SMILES string of the molecule is CC(C)CCc1cn(C(C)C)cn1. The number of aryl methyl sites for hydroxylation is 1. The van der Waals surface area contributed by atoms with E-state index in [1.54, 1.807) is 0 Å². The Labute approximate surface area is 81.0 Å². The van der Waals surface area contributed by atoms with Gasteiger partial charge in [0.05, 0.1) is 12.0 Å². The highest BCUT2D eigenvalue weighted by Crippen LogP contribution is 2.09. The molecule has 0 aliphatic carbocycles. The molecule has 0 unspecified atom stereocenters. The molecule has 1 aromatic heterocycles. The quantitative estimate of drug-likeness (QED) is 0.696. The van der Waals surface area contributed by atoms with Gasteiger partial charge in [-0.05, 0) is 32.6 Å². The molecule has 2 heteroatoms. The lowest BCUT2D eigenvalue weighted by Crippen LogP contribution is -1.96. The van der Waals surface area contributed by atoms with Crippen LogP contribution in [-0.2, 0) is 6.42 Å². The first-order valence-electron chi connectivity index (χ1n) is 5.12. The minimum absolute atomic E-state index is 0.528. The Kier molecular flexibility index (Phi) is 3.52. The molecule has 1 heterocycles. The van der Waals surface area contributed by atoms with Gasteiger partial charge in [0.25, 0.3) is 0 Å². The van der Waals surface area contributed by atoms with Crippen LogP contribution in [0.4, 0.5) is 0 Å². The van der Waals surface area contributed by atoms with Crippen molar-refractivity contribution in [3.05, 3.63) is 18.2 Å². The summed E-state index contributed by atoms with van der Waals surface area (Å²) in [6.45, 7) is 8.85. The molecule has 0 N–H and O–H groups in total. The summed E-state index contributed by atoms with van der Waals surface area (Å²) in [4.78, 5) is 4.37. The Morgan fingerprint density at radius 1 is 1.31 bits per heavy atom. The van der Waals surface area contributed by atoms with Crippen molar-refractivity contribution in [1.29, 1.82) is 0 Å². The largest absolute Gasteiger partial charge is 0.335 e. The molecule has 0 atom stereocenters. The Hall–Kier alpha value is -0.790. The van der Waals surface area contributed by atoms with E-state index < -0.39 is 0 Å². The van der Waals surface area contributed by atoms with Crippen molar-refractivity contribution < 1.29 is 0 Å². The first kappa shape index (κ1) is 10.3. The van der Waals surface area contributed by atoms with E-state index in [-0.39, 0.29) is 0 Å². The van der Waals surface area contributed by atoms with Gasteiger partial charge in [-0.3, -0.25) is 0 Å². The molecule has 1 rings (SSSR count). The van der Waals surface area contributed by atoms with Gasteiger partial charge in [-0.2, -0.15) is 0 Å². The van der Waals surface area contributed by atoms with Crippen LogP contribution in [0.5, 0.6) is 0 Å². The highest BCUT2D eigenvalue weighted by atomic mass is 15.0. The third-order valence-corrected chi connectivity index (χ3v) is 2.23. The summed E-state index contributed by atoms with van der Waals surface area (Å²) in [7, 11) is 0. The summed E-state index contributed by atoms with van der Waals surface area (Å²) in [5, 5.41) is 0. The maximum Gasteiger partial charge on any atom is 0.0951 e. The van der Waals surface area contributed by atoms with E-state index >= 15 is 0 Å². The van der Waals surface area contributed by atoms with E-state index in [2.05, 4.69) is 43.4 Å². The summed E-state index contributed by atoms with van der Waals surface area (Å²) < 4.78 is 2.16. The lowest BCUT2D eigenvalue weighted by atomic mass is 10.1. The monoisotopic (exact) mass is 180 g/mol. The van der Waals surface area contributed by atoms with Gasteiger partial charge in [0.15, 0.2) is 0 Å². The predicted molar refractivity (Wildman–Crippen MR) is 55.8 cm³/mol. The van der Waals surface area contributed by atoms with E-state index in [9.17, 15) is 0 Å². The molecule has 0 saturated heterocycles. The minimum Gasteiger partial charge on any atom is -0.335 e. The van der Waals surface area contributed by atoms with Gasteiger partial charge in [-0.25, -0.2) is 4.98 Å². The molecule has 0 aromatic carbocycles. The zero-order valence-electron chi connectivity index (χ0n) is 9.12. The first-order chi connectivity index (χ1) is 6.09. The fourth-order valence-corrected chi connectivity index (χ4v) is 1.23. The normalized spacial score (nSPS) is 11.5. The molecule has 0 spiro atoms. The van der Waals surface area contributed by atoms with E-state index in [1.165, 1.54) is 12.1 Å². The maximum absolute atomic E-state index is 4.37. The smallest absolute Gasteiger partial charge is 0.0951 e. The second kappa shape index (κ2) is 4.45. The van der Waals surface area contributed by atoms with Crippen LogP contribution < -0.4 is 0 Å². The minimum atomic E-state index is 0.528. The summed E-state index contributed by atoms with van der Waals surface area (Å²) >= 11 is 0. The lowest BCUT2D eigenvalue weighted by Gasteiger charge is -2.04. The number of aromatic nitrogens is 2.